The van der Waals surface area contributed by atoms with Crippen molar-refractivity contribution in [3.05, 3.63) is 42.3 Å². The van der Waals surface area contributed by atoms with Crippen LogP contribution in [0.5, 0.6) is 0 Å². The number of aliphatic hydroxyl groups excluding tert-OH is 1. The van der Waals surface area contributed by atoms with Gasteiger partial charge in [-0.15, -0.1) is 0 Å². The Morgan fingerprint density at radius 1 is 1.32 bits per heavy atom. The lowest BCUT2D eigenvalue weighted by atomic mass is 10.1. The third-order valence-electron chi connectivity index (χ3n) is 5.51. The van der Waals surface area contributed by atoms with Gasteiger partial charge in [0.25, 0.3) is 0 Å². The predicted molar refractivity (Wildman–Crippen MR) is 121 cm³/mol. The monoisotopic (exact) mass is 446 g/mol. The number of thioether (sulfide) groups is 1. The van der Waals surface area contributed by atoms with E-state index in [2.05, 4.69) is 15.2 Å². The fourth-order valence-electron chi connectivity index (χ4n) is 3.74. The first-order valence-electron chi connectivity index (χ1n) is 10.5. The van der Waals surface area contributed by atoms with Gasteiger partial charge in [-0.2, -0.15) is 11.8 Å². The number of nitrogens with zero attached hydrogens (tertiary/aromatic N) is 3. The molecule has 0 radical (unpaired) electrons. The van der Waals surface area contributed by atoms with Crippen LogP contribution in [-0.4, -0.2) is 66.2 Å². The van der Waals surface area contributed by atoms with Gasteiger partial charge >= 0.3 is 0 Å². The average molecular weight is 447 g/mol. The standard InChI is InChI=1S/C22H27FN4O3S/c1-2-21(28)25-13-17-14-27(22(29)30-17)16-4-5-18(19(23)11-16)15-3-6-20(24-12-15)26-7-9-31-10-8-26/h3-6,11-12,17,22,29H,2,7-10,13-14H2,1H3,(H,25,28)/t17-,22?/m0/s1. The van der Waals surface area contributed by atoms with E-state index in [0.717, 1.165) is 30.4 Å². The molecule has 2 N–H and O–H groups in total. The molecular formula is C22H27FN4O3S. The van der Waals surface area contributed by atoms with Crippen molar-refractivity contribution in [1.82, 2.24) is 10.3 Å². The third-order valence-corrected chi connectivity index (χ3v) is 6.45. The Morgan fingerprint density at radius 3 is 2.81 bits per heavy atom. The zero-order chi connectivity index (χ0) is 21.8. The molecule has 166 valence electrons. The fraction of sp³-hybridized carbons (Fsp3) is 0.455. The number of amides is 1. The van der Waals surface area contributed by atoms with Crippen LogP contribution in [0.25, 0.3) is 11.1 Å². The minimum absolute atomic E-state index is 0.0780. The second-order valence-electron chi connectivity index (χ2n) is 7.56. The molecule has 7 nitrogen and oxygen atoms in total. The number of anilines is 2. The molecular weight excluding hydrogens is 419 g/mol. The van der Waals surface area contributed by atoms with Crippen LogP contribution in [0.3, 0.4) is 0 Å². The van der Waals surface area contributed by atoms with Gasteiger partial charge in [0.15, 0.2) is 0 Å². The van der Waals surface area contributed by atoms with E-state index < -0.39 is 12.2 Å². The maximum Gasteiger partial charge on any atom is 0.238 e. The van der Waals surface area contributed by atoms with Crippen LogP contribution < -0.4 is 15.1 Å². The molecule has 9 heteroatoms. The summed E-state index contributed by atoms with van der Waals surface area (Å²) in [5.74, 6) is 2.64. The summed E-state index contributed by atoms with van der Waals surface area (Å²) in [5.41, 5.74) is 1.68. The molecule has 1 aromatic heterocycles. The van der Waals surface area contributed by atoms with Crippen molar-refractivity contribution < 1.29 is 19.0 Å². The number of aromatic nitrogens is 1. The minimum Gasteiger partial charge on any atom is -0.355 e. The van der Waals surface area contributed by atoms with Gasteiger partial charge in [-0.25, -0.2) is 9.37 Å². The van der Waals surface area contributed by atoms with Crippen LogP contribution in [0.2, 0.25) is 0 Å². The Hall–Kier alpha value is -2.36. The number of hydrogen-bond donors (Lipinski definition) is 2. The van der Waals surface area contributed by atoms with Crippen LogP contribution in [0, 0.1) is 5.82 Å². The Labute approximate surface area is 185 Å². The summed E-state index contributed by atoms with van der Waals surface area (Å²) in [4.78, 5) is 19.8. The first-order valence-corrected chi connectivity index (χ1v) is 11.7. The van der Waals surface area contributed by atoms with Gasteiger partial charge < -0.3 is 25.0 Å². The molecule has 2 aromatic rings. The molecule has 31 heavy (non-hydrogen) atoms. The van der Waals surface area contributed by atoms with E-state index in [1.54, 1.807) is 30.2 Å². The second kappa shape index (κ2) is 9.84. The molecule has 2 atom stereocenters. The van der Waals surface area contributed by atoms with Crippen molar-refractivity contribution in [2.45, 2.75) is 25.9 Å². The summed E-state index contributed by atoms with van der Waals surface area (Å²) in [6.07, 6.45) is 0.546. The lowest BCUT2D eigenvalue weighted by molar-refractivity contribution is -0.122. The third kappa shape index (κ3) is 5.11. The molecule has 2 saturated heterocycles. The average Bonchev–Trinajstić information content (AvgIpc) is 3.18. The van der Waals surface area contributed by atoms with E-state index in [1.165, 1.54) is 6.07 Å². The first kappa shape index (κ1) is 21.9. The smallest absolute Gasteiger partial charge is 0.238 e. The largest absolute Gasteiger partial charge is 0.355 e. The van der Waals surface area contributed by atoms with Crippen molar-refractivity contribution in [2.75, 3.05) is 47.5 Å². The number of rotatable bonds is 6. The number of ether oxygens (including phenoxy) is 1. The van der Waals surface area contributed by atoms with Gasteiger partial charge in [0, 0.05) is 60.6 Å². The molecule has 0 aliphatic carbocycles. The Morgan fingerprint density at radius 2 is 2.13 bits per heavy atom. The molecule has 0 bridgehead atoms. The number of carbonyl (C=O) groups is 1. The number of benzene rings is 1. The van der Waals surface area contributed by atoms with Crippen LogP contribution in [0.15, 0.2) is 36.5 Å². The molecule has 3 heterocycles. The van der Waals surface area contributed by atoms with Gasteiger partial charge in [0.05, 0.1) is 12.6 Å². The Balaban J connectivity index is 1.44. The van der Waals surface area contributed by atoms with E-state index in [0.29, 0.717) is 36.3 Å². The molecule has 2 fully saturated rings. The summed E-state index contributed by atoms with van der Waals surface area (Å²) >= 11 is 1.94. The molecule has 0 spiro atoms. The van der Waals surface area contributed by atoms with Gasteiger partial charge in [-0.05, 0) is 30.3 Å². The highest BCUT2D eigenvalue weighted by atomic mass is 32.2. The Kier molecular flexibility index (Phi) is 6.94. The fourth-order valence-corrected chi connectivity index (χ4v) is 4.64. The summed E-state index contributed by atoms with van der Waals surface area (Å²) in [6.45, 7) is 4.38. The number of hydrogen-bond acceptors (Lipinski definition) is 7. The number of nitrogens with one attached hydrogen (secondary N) is 1. The highest BCUT2D eigenvalue weighted by molar-refractivity contribution is 7.99. The van der Waals surface area contributed by atoms with Crippen LogP contribution >= 0.6 is 11.8 Å². The highest BCUT2D eigenvalue weighted by Gasteiger charge is 2.32. The highest BCUT2D eigenvalue weighted by Crippen LogP contribution is 2.30. The van der Waals surface area contributed by atoms with E-state index >= 15 is 0 Å². The van der Waals surface area contributed by atoms with E-state index in [1.807, 2.05) is 23.9 Å². The summed E-state index contributed by atoms with van der Waals surface area (Å²) < 4.78 is 20.4. The van der Waals surface area contributed by atoms with Crippen LogP contribution in [0.1, 0.15) is 13.3 Å². The summed E-state index contributed by atoms with van der Waals surface area (Å²) in [7, 11) is 0. The van der Waals surface area contributed by atoms with Crippen molar-refractivity contribution in [3.8, 4) is 11.1 Å². The second-order valence-corrected chi connectivity index (χ2v) is 8.79. The quantitative estimate of drug-likeness (QED) is 0.706. The van der Waals surface area contributed by atoms with E-state index in [9.17, 15) is 14.3 Å². The molecule has 1 amide bonds. The maximum absolute atomic E-state index is 14.9. The van der Waals surface area contributed by atoms with Crippen LogP contribution in [0.4, 0.5) is 15.9 Å². The van der Waals surface area contributed by atoms with Gasteiger partial charge in [0.1, 0.15) is 11.6 Å². The van der Waals surface area contributed by atoms with Crippen molar-refractivity contribution in [2.24, 2.45) is 0 Å². The van der Waals surface area contributed by atoms with Gasteiger partial charge in [-0.1, -0.05) is 6.92 Å². The van der Waals surface area contributed by atoms with E-state index in [-0.39, 0.29) is 12.0 Å². The SMILES string of the molecule is CCC(=O)NC[C@H]1CN(c2ccc(-c3ccc(N4CCSCC4)nc3)c(F)c2)C(O)O1. The van der Waals surface area contributed by atoms with Crippen LogP contribution in [-0.2, 0) is 9.53 Å². The van der Waals surface area contributed by atoms with Crippen molar-refractivity contribution >= 4 is 29.2 Å². The zero-order valence-electron chi connectivity index (χ0n) is 17.5. The molecule has 1 unspecified atom stereocenters. The topological polar surface area (TPSA) is 77.9 Å². The van der Waals surface area contributed by atoms with E-state index in [4.69, 9.17) is 4.74 Å². The molecule has 2 aliphatic rings. The summed E-state index contributed by atoms with van der Waals surface area (Å²) in [5, 5.41) is 13.0. The van der Waals surface area contributed by atoms with Gasteiger partial charge in [0.2, 0.25) is 12.3 Å². The van der Waals surface area contributed by atoms with Crippen molar-refractivity contribution in [3.63, 3.8) is 0 Å². The normalized spacial score (nSPS) is 21.4. The zero-order valence-corrected chi connectivity index (χ0v) is 18.3. The molecule has 2 aliphatic heterocycles. The predicted octanol–water partition coefficient (Wildman–Crippen LogP) is 2.45. The maximum atomic E-state index is 14.9. The first-order chi connectivity index (χ1) is 15.0. The van der Waals surface area contributed by atoms with Gasteiger partial charge in [-0.3, -0.25) is 4.79 Å². The number of halogens is 1. The number of carbonyl (C=O) groups excluding carboxylic acids is 1. The Bertz CT molecular complexity index is 908. The summed E-state index contributed by atoms with van der Waals surface area (Å²) in [6, 6.07) is 8.67. The lowest BCUT2D eigenvalue weighted by Gasteiger charge is -2.27. The molecule has 4 rings (SSSR count). The number of pyridine rings is 1. The number of aliphatic hydroxyl groups is 1. The molecule has 1 aromatic carbocycles. The van der Waals surface area contributed by atoms with Crippen molar-refractivity contribution in [1.29, 1.82) is 0 Å². The minimum atomic E-state index is -1.18. The lowest BCUT2D eigenvalue weighted by Crippen LogP contribution is -2.34. The molecule has 0 saturated carbocycles.